The van der Waals surface area contributed by atoms with Gasteiger partial charge in [-0.25, -0.2) is 0 Å². The normalized spacial score (nSPS) is 13.9. The topological polar surface area (TPSA) is 57.4 Å². The van der Waals surface area contributed by atoms with Gasteiger partial charge in [-0.1, -0.05) is 0 Å². The molecule has 1 aromatic heterocycles. The van der Waals surface area contributed by atoms with Crippen LogP contribution in [-0.4, -0.2) is 17.6 Å². The molecule has 20 heavy (non-hydrogen) atoms. The zero-order valence-corrected chi connectivity index (χ0v) is 11.5. The zero-order chi connectivity index (χ0) is 13.9. The van der Waals surface area contributed by atoms with Crippen LogP contribution in [0.2, 0.25) is 0 Å². The second-order valence-electron chi connectivity index (χ2n) is 5.09. The summed E-state index contributed by atoms with van der Waals surface area (Å²) in [5.74, 6) is 1.68. The van der Waals surface area contributed by atoms with Crippen LogP contribution in [0.25, 0.3) is 11.1 Å². The van der Waals surface area contributed by atoms with Crippen molar-refractivity contribution in [1.29, 1.82) is 0 Å². The van der Waals surface area contributed by atoms with E-state index in [0.717, 1.165) is 29.0 Å². The van der Waals surface area contributed by atoms with Gasteiger partial charge in [-0.15, -0.1) is 0 Å². The predicted octanol–water partition coefficient (Wildman–Crippen LogP) is 2.76. The fraction of sp³-hybridized carbons (Fsp3) is 0.312. The molecule has 1 aromatic carbocycles. The molecule has 2 heterocycles. The molecule has 3 rings (SSSR count). The van der Waals surface area contributed by atoms with E-state index in [2.05, 4.69) is 4.98 Å². The first kappa shape index (κ1) is 12.9. The van der Waals surface area contributed by atoms with Gasteiger partial charge in [0.25, 0.3) is 0 Å². The second-order valence-corrected chi connectivity index (χ2v) is 5.09. The summed E-state index contributed by atoms with van der Waals surface area (Å²) in [6.45, 7) is 3.15. The molecule has 104 valence electrons. The lowest BCUT2D eigenvalue weighted by Gasteiger charge is -2.21. The van der Waals surface area contributed by atoms with E-state index in [4.69, 9.17) is 15.2 Å². The third-order valence-electron chi connectivity index (χ3n) is 3.37. The molecule has 1 atom stereocenters. The Morgan fingerprint density at radius 1 is 1.35 bits per heavy atom. The van der Waals surface area contributed by atoms with Crippen molar-refractivity contribution in [1.82, 2.24) is 4.98 Å². The minimum atomic E-state index is 0.156. The summed E-state index contributed by atoms with van der Waals surface area (Å²) < 4.78 is 11.5. The van der Waals surface area contributed by atoms with Crippen molar-refractivity contribution in [2.45, 2.75) is 26.0 Å². The summed E-state index contributed by atoms with van der Waals surface area (Å²) in [4.78, 5) is 4.13. The molecule has 2 N–H and O–H groups in total. The van der Waals surface area contributed by atoms with Crippen molar-refractivity contribution in [3.05, 3.63) is 42.2 Å². The van der Waals surface area contributed by atoms with E-state index in [1.807, 2.05) is 37.4 Å². The molecule has 0 saturated heterocycles. The highest BCUT2D eigenvalue weighted by Gasteiger charge is 2.17. The van der Waals surface area contributed by atoms with Crippen LogP contribution in [0.1, 0.15) is 18.9 Å². The minimum Gasteiger partial charge on any atom is -0.493 e. The molecule has 0 unspecified atom stereocenters. The lowest BCUT2D eigenvalue weighted by Crippen LogP contribution is -2.18. The third-order valence-corrected chi connectivity index (χ3v) is 3.37. The first-order valence-electron chi connectivity index (χ1n) is 6.82. The highest BCUT2D eigenvalue weighted by Crippen LogP contribution is 2.39. The summed E-state index contributed by atoms with van der Waals surface area (Å²) in [5.41, 5.74) is 9.10. The van der Waals surface area contributed by atoms with Crippen LogP contribution in [-0.2, 0) is 6.61 Å². The smallest absolute Gasteiger partial charge is 0.131 e. The largest absolute Gasteiger partial charge is 0.493 e. The van der Waals surface area contributed by atoms with E-state index in [1.165, 1.54) is 5.56 Å². The standard InChI is InChI=1S/C16H18N2O2/c1-11(17)5-7-19-13-2-3-15-14-4-6-18-9-12(14)10-20-16(15)8-13/h2-4,6,8-9,11H,5,7,10,17H2,1H3/t11-/m0/s1. The number of hydrogen-bond donors (Lipinski definition) is 1. The Labute approximate surface area is 118 Å². The quantitative estimate of drug-likeness (QED) is 0.928. The van der Waals surface area contributed by atoms with Gasteiger partial charge in [-0.05, 0) is 37.1 Å². The van der Waals surface area contributed by atoms with Crippen LogP contribution in [0, 0.1) is 0 Å². The van der Waals surface area contributed by atoms with E-state index < -0.39 is 0 Å². The Hall–Kier alpha value is -2.07. The molecule has 0 radical (unpaired) electrons. The molecule has 0 spiro atoms. The summed E-state index contributed by atoms with van der Waals surface area (Å²) in [7, 11) is 0. The van der Waals surface area contributed by atoms with E-state index in [-0.39, 0.29) is 6.04 Å². The van der Waals surface area contributed by atoms with Crippen LogP contribution in [0.4, 0.5) is 0 Å². The molecular formula is C16H18N2O2. The van der Waals surface area contributed by atoms with Gasteiger partial charge in [-0.2, -0.15) is 0 Å². The first-order chi connectivity index (χ1) is 9.74. The van der Waals surface area contributed by atoms with Gasteiger partial charge in [0, 0.05) is 35.6 Å². The van der Waals surface area contributed by atoms with Gasteiger partial charge in [0.1, 0.15) is 18.1 Å². The number of pyridine rings is 1. The minimum absolute atomic E-state index is 0.156. The van der Waals surface area contributed by atoms with Gasteiger partial charge >= 0.3 is 0 Å². The van der Waals surface area contributed by atoms with Gasteiger partial charge in [0.2, 0.25) is 0 Å². The van der Waals surface area contributed by atoms with Crippen LogP contribution >= 0.6 is 0 Å². The molecule has 4 nitrogen and oxygen atoms in total. The number of fused-ring (bicyclic) bond motifs is 3. The Morgan fingerprint density at radius 2 is 2.25 bits per heavy atom. The number of nitrogens with two attached hydrogens (primary N) is 1. The lowest BCUT2D eigenvalue weighted by molar-refractivity contribution is 0.286. The Bertz CT molecular complexity index is 611. The number of ether oxygens (including phenoxy) is 2. The first-order valence-corrected chi connectivity index (χ1v) is 6.82. The molecule has 0 fully saturated rings. The van der Waals surface area contributed by atoms with Crippen LogP contribution < -0.4 is 15.2 Å². The molecule has 0 amide bonds. The van der Waals surface area contributed by atoms with Crippen LogP contribution in [0.15, 0.2) is 36.7 Å². The molecule has 0 saturated carbocycles. The monoisotopic (exact) mass is 270 g/mol. The number of hydrogen-bond acceptors (Lipinski definition) is 4. The van der Waals surface area contributed by atoms with Crippen molar-refractivity contribution >= 4 is 0 Å². The summed E-state index contributed by atoms with van der Waals surface area (Å²) in [5, 5.41) is 0. The second kappa shape index (κ2) is 5.51. The van der Waals surface area contributed by atoms with E-state index in [1.54, 1.807) is 6.20 Å². The van der Waals surface area contributed by atoms with Gasteiger partial charge in [0.05, 0.1) is 6.61 Å². The van der Waals surface area contributed by atoms with E-state index in [9.17, 15) is 0 Å². The molecule has 2 aromatic rings. The van der Waals surface area contributed by atoms with E-state index >= 15 is 0 Å². The molecule has 1 aliphatic heterocycles. The highest BCUT2D eigenvalue weighted by molar-refractivity contribution is 5.75. The number of rotatable bonds is 4. The maximum atomic E-state index is 5.77. The van der Waals surface area contributed by atoms with E-state index in [0.29, 0.717) is 13.2 Å². The average molecular weight is 270 g/mol. The van der Waals surface area contributed by atoms with Crippen molar-refractivity contribution in [2.24, 2.45) is 5.73 Å². The molecule has 4 heteroatoms. The zero-order valence-electron chi connectivity index (χ0n) is 11.5. The molecule has 0 aliphatic carbocycles. The SMILES string of the molecule is C[C@H](N)CCOc1ccc2c(c1)OCc1cnccc1-2. The van der Waals surface area contributed by atoms with Crippen molar-refractivity contribution in [3.8, 4) is 22.6 Å². The number of nitrogens with zero attached hydrogens (tertiary/aromatic N) is 1. The highest BCUT2D eigenvalue weighted by atomic mass is 16.5. The molecular weight excluding hydrogens is 252 g/mol. The van der Waals surface area contributed by atoms with Crippen molar-refractivity contribution in [2.75, 3.05) is 6.61 Å². The Balaban J connectivity index is 1.81. The van der Waals surface area contributed by atoms with Crippen LogP contribution in [0.5, 0.6) is 11.5 Å². The average Bonchev–Trinajstić information content (AvgIpc) is 2.46. The summed E-state index contributed by atoms with van der Waals surface area (Å²) in [6.07, 6.45) is 4.50. The molecule has 0 bridgehead atoms. The third kappa shape index (κ3) is 2.60. The summed E-state index contributed by atoms with van der Waals surface area (Å²) >= 11 is 0. The predicted molar refractivity (Wildman–Crippen MR) is 77.8 cm³/mol. The number of aromatic nitrogens is 1. The Morgan fingerprint density at radius 3 is 3.10 bits per heavy atom. The van der Waals surface area contributed by atoms with Gasteiger partial charge < -0.3 is 15.2 Å². The fourth-order valence-corrected chi connectivity index (χ4v) is 2.26. The van der Waals surface area contributed by atoms with Crippen molar-refractivity contribution in [3.63, 3.8) is 0 Å². The maximum Gasteiger partial charge on any atom is 0.131 e. The van der Waals surface area contributed by atoms with Gasteiger partial charge in [-0.3, -0.25) is 4.98 Å². The lowest BCUT2D eigenvalue weighted by atomic mass is 9.99. The summed E-state index contributed by atoms with van der Waals surface area (Å²) in [6, 6.07) is 8.13. The van der Waals surface area contributed by atoms with Crippen molar-refractivity contribution < 1.29 is 9.47 Å². The number of benzene rings is 1. The van der Waals surface area contributed by atoms with Gasteiger partial charge in [0.15, 0.2) is 0 Å². The van der Waals surface area contributed by atoms with Crippen LogP contribution in [0.3, 0.4) is 0 Å². The fourth-order valence-electron chi connectivity index (χ4n) is 2.26. The Kier molecular flexibility index (Phi) is 3.56. The molecule has 1 aliphatic rings. The maximum absolute atomic E-state index is 5.77.